The third-order valence-electron chi connectivity index (χ3n) is 2.43. The highest BCUT2D eigenvalue weighted by Gasteiger charge is 2.13. The van der Waals surface area contributed by atoms with E-state index < -0.39 is 5.97 Å². The van der Waals surface area contributed by atoms with Gasteiger partial charge in [-0.1, -0.05) is 11.6 Å². The smallest absolute Gasteiger partial charge is 0.339 e. The number of benzene rings is 1. The summed E-state index contributed by atoms with van der Waals surface area (Å²) in [5.41, 5.74) is 7.64. The molecule has 0 bridgehead atoms. The quantitative estimate of drug-likeness (QED) is 0.499. The zero-order valence-corrected chi connectivity index (χ0v) is 10.7. The van der Waals surface area contributed by atoms with Gasteiger partial charge in [-0.15, -0.1) is 0 Å². The second kappa shape index (κ2) is 6.47. The van der Waals surface area contributed by atoms with Crippen LogP contribution >= 0.6 is 11.6 Å². The number of aryl methyl sites for hydroxylation is 1. The highest BCUT2D eigenvalue weighted by Crippen LogP contribution is 2.25. The summed E-state index contributed by atoms with van der Waals surface area (Å²) < 4.78 is 9.62. The lowest BCUT2D eigenvalue weighted by molar-refractivity contribution is 0.0601. The molecule has 1 aromatic carbocycles. The minimum Gasteiger partial charge on any atom is -0.465 e. The number of anilines is 1. The summed E-state index contributed by atoms with van der Waals surface area (Å²) in [7, 11) is 2.96. The zero-order chi connectivity index (χ0) is 12.8. The lowest BCUT2D eigenvalue weighted by Crippen LogP contribution is -2.06. The van der Waals surface area contributed by atoms with E-state index >= 15 is 0 Å². The van der Waals surface area contributed by atoms with E-state index in [0.717, 1.165) is 18.4 Å². The van der Waals surface area contributed by atoms with Gasteiger partial charge in [0.1, 0.15) is 0 Å². The molecule has 0 atom stereocenters. The SMILES string of the molecule is COCCCc1cc(C(=O)OC)c(Cl)cc1N. The van der Waals surface area contributed by atoms with E-state index in [9.17, 15) is 4.79 Å². The molecule has 0 spiro atoms. The Hall–Kier alpha value is -1.26. The first-order chi connectivity index (χ1) is 8.10. The lowest BCUT2D eigenvalue weighted by atomic mass is 10.0. The number of hydrogen-bond donors (Lipinski definition) is 1. The van der Waals surface area contributed by atoms with Gasteiger partial charge in [0, 0.05) is 19.4 Å². The molecule has 2 N–H and O–H groups in total. The van der Waals surface area contributed by atoms with Gasteiger partial charge in [-0.05, 0) is 30.5 Å². The summed E-state index contributed by atoms with van der Waals surface area (Å²) in [4.78, 5) is 11.5. The number of halogens is 1. The molecule has 0 amide bonds. The average molecular weight is 258 g/mol. The van der Waals surface area contributed by atoms with Crippen molar-refractivity contribution in [3.63, 3.8) is 0 Å². The monoisotopic (exact) mass is 257 g/mol. The number of carbonyl (C=O) groups is 1. The second-order valence-corrected chi connectivity index (χ2v) is 4.03. The van der Waals surface area contributed by atoms with Crippen molar-refractivity contribution >= 4 is 23.3 Å². The van der Waals surface area contributed by atoms with E-state index in [0.29, 0.717) is 22.9 Å². The maximum atomic E-state index is 11.5. The van der Waals surface area contributed by atoms with E-state index in [1.165, 1.54) is 7.11 Å². The summed E-state index contributed by atoms with van der Waals surface area (Å²) in [5.74, 6) is -0.456. The Balaban J connectivity index is 2.93. The van der Waals surface area contributed by atoms with Gasteiger partial charge in [-0.2, -0.15) is 0 Å². The van der Waals surface area contributed by atoms with Gasteiger partial charge in [-0.25, -0.2) is 4.79 Å². The van der Waals surface area contributed by atoms with Crippen molar-refractivity contribution in [2.24, 2.45) is 0 Å². The van der Waals surface area contributed by atoms with Gasteiger partial charge in [0.15, 0.2) is 0 Å². The van der Waals surface area contributed by atoms with Crippen LogP contribution in [-0.4, -0.2) is 26.8 Å². The number of methoxy groups -OCH3 is 2. The first-order valence-corrected chi connectivity index (χ1v) is 5.63. The molecule has 5 heteroatoms. The van der Waals surface area contributed by atoms with Crippen LogP contribution in [0.2, 0.25) is 5.02 Å². The molecule has 0 aliphatic rings. The molecule has 0 saturated heterocycles. The normalized spacial score (nSPS) is 10.3. The molecule has 0 aromatic heterocycles. The van der Waals surface area contributed by atoms with E-state index in [2.05, 4.69) is 4.74 Å². The van der Waals surface area contributed by atoms with Crippen LogP contribution in [0, 0.1) is 0 Å². The molecule has 4 nitrogen and oxygen atoms in total. The Bertz CT molecular complexity index is 407. The fourth-order valence-electron chi connectivity index (χ4n) is 1.52. The third kappa shape index (κ3) is 3.61. The number of carbonyl (C=O) groups excluding carboxylic acids is 1. The first-order valence-electron chi connectivity index (χ1n) is 5.25. The number of hydrogen-bond acceptors (Lipinski definition) is 4. The average Bonchev–Trinajstić information content (AvgIpc) is 2.31. The molecule has 0 radical (unpaired) electrons. The van der Waals surface area contributed by atoms with Crippen molar-refractivity contribution < 1.29 is 14.3 Å². The van der Waals surface area contributed by atoms with E-state index in [-0.39, 0.29) is 0 Å². The summed E-state index contributed by atoms with van der Waals surface area (Å²) in [5, 5.41) is 0.310. The van der Waals surface area contributed by atoms with Crippen molar-refractivity contribution in [1.82, 2.24) is 0 Å². The summed E-state index contributed by atoms with van der Waals surface area (Å²) in [6, 6.07) is 3.26. The molecule has 94 valence electrons. The number of ether oxygens (including phenoxy) is 2. The molecular formula is C12H16ClNO3. The molecule has 17 heavy (non-hydrogen) atoms. The Morgan fingerprint density at radius 1 is 1.41 bits per heavy atom. The van der Waals surface area contributed by atoms with Crippen LogP contribution in [0.1, 0.15) is 22.3 Å². The van der Waals surface area contributed by atoms with Crippen LogP contribution in [0.3, 0.4) is 0 Å². The summed E-state index contributed by atoms with van der Waals surface area (Å²) in [6.45, 7) is 0.648. The molecule has 0 saturated carbocycles. The molecular weight excluding hydrogens is 242 g/mol. The van der Waals surface area contributed by atoms with Crippen molar-refractivity contribution in [3.05, 3.63) is 28.3 Å². The Morgan fingerprint density at radius 2 is 2.12 bits per heavy atom. The van der Waals surface area contributed by atoms with Crippen LogP contribution in [0.4, 0.5) is 5.69 Å². The Labute approximate surface area is 106 Å². The van der Waals surface area contributed by atoms with Crippen LogP contribution in [0.25, 0.3) is 0 Å². The minimum atomic E-state index is -0.456. The molecule has 0 fully saturated rings. The summed E-state index contributed by atoms with van der Waals surface area (Å²) >= 11 is 5.93. The minimum absolute atomic E-state index is 0.310. The van der Waals surface area contributed by atoms with Gasteiger partial charge < -0.3 is 15.2 Å². The van der Waals surface area contributed by atoms with Gasteiger partial charge in [-0.3, -0.25) is 0 Å². The van der Waals surface area contributed by atoms with Crippen molar-refractivity contribution in [2.45, 2.75) is 12.8 Å². The molecule has 0 unspecified atom stereocenters. The maximum Gasteiger partial charge on any atom is 0.339 e. The fourth-order valence-corrected chi connectivity index (χ4v) is 1.77. The van der Waals surface area contributed by atoms with Crippen LogP contribution in [0.5, 0.6) is 0 Å². The highest BCUT2D eigenvalue weighted by molar-refractivity contribution is 6.33. The van der Waals surface area contributed by atoms with Gasteiger partial charge in [0.25, 0.3) is 0 Å². The summed E-state index contributed by atoms with van der Waals surface area (Å²) in [6.07, 6.45) is 1.57. The standard InChI is InChI=1S/C12H16ClNO3/c1-16-5-3-4-8-6-9(12(15)17-2)10(13)7-11(8)14/h6-7H,3-5,14H2,1-2H3. The Morgan fingerprint density at radius 3 is 2.71 bits per heavy atom. The largest absolute Gasteiger partial charge is 0.465 e. The topological polar surface area (TPSA) is 61.5 Å². The van der Waals surface area contributed by atoms with E-state index in [1.54, 1.807) is 19.2 Å². The molecule has 0 heterocycles. The third-order valence-corrected chi connectivity index (χ3v) is 2.74. The zero-order valence-electron chi connectivity index (χ0n) is 9.96. The predicted molar refractivity (Wildman–Crippen MR) is 67.4 cm³/mol. The second-order valence-electron chi connectivity index (χ2n) is 3.62. The van der Waals surface area contributed by atoms with Crippen molar-refractivity contribution in [1.29, 1.82) is 0 Å². The van der Waals surface area contributed by atoms with Gasteiger partial charge in [0.2, 0.25) is 0 Å². The van der Waals surface area contributed by atoms with Gasteiger partial charge in [0.05, 0.1) is 17.7 Å². The molecule has 1 aromatic rings. The fraction of sp³-hybridized carbons (Fsp3) is 0.417. The number of nitrogen functional groups attached to an aromatic ring is 1. The number of rotatable bonds is 5. The highest BCUT2D eigenvalue weighted by atomic mass is 35.5. The van der Waals surface area contributed by atoms with Crippen molar-refractivity contribution in [2.75, 3.05) is 26.6 Å². The van der Waals surface area contributed by atoms with Crippen LogP contribution in [-0.2, 0) is 15.9 Å². The molecule has 0 aliphatic carbocycles. The number of nitrogens with two attached hydrogens (primary N) is 1. The number of esters is 1. The predicted octanol–water partition coefficient (Wildman–Crippen LogP) is 2.29. The van der Waals surface area contributed by atoms with Crippen LogP contribution in [0.15, 0.2) is 12.1 Å². The lowest BCUT2D eigenvalue weighted by Gasteiger charge is -2.09. The van der Waals surface area contributed by atoms with Crippen LogP contribution < -0.4 is 5.73 Å². The maximum absolute atomic E-state index is 11.5. The molecule has 0 aliphatic heterocycles. The van der Waals surface area contributed by atoms with Gasteiger partial charge >= 0.3 is 5.97 Å². The van der Waals surface area contributed by atoms with E-state index in [4.69, 9.17) is 22.1 Å². The first kappa shape index (κ1) is 13.8. The van der Waals surface area contributed by atoms with E-state index in [1.807, 2.05) is 0 Å². The Kier molecular flexibility index (Phi) is 5.25. The van der Waals surface area contributed by atoms with Crippen molar-refractivity contribution in [3.8, 4) is 0 Å². The molecule has 1 rings (SSSR count).